The average Bonchev–Trinajstić information content (AvgIpc) is 3.37. The Bertz CT molecular complexity index is 1180. The number of thiazole rings is 1. The molecule has 0 radical (unpaired) electrons. The van der Waals surface area contributed by atoms with Crippen molar-refractivity contribution >= 4 is 51.1 Å². The second-order valence-corrected chi connectivity index (χ2v) is 8.20. The van der Waals surface area contributed by atoms with Gasteiger partial charge in [-0.1, -0.05) is 35.1 Å². The summed E-state index contributed by atoms with van der Waals surface area (Å²) >= 11 is 8.79. The molecule has 0 aliphatic heterocycles. The first-order valence-corrected chi connectivity index (χ1v) is 10.1. The van der Waals surface area contributed by atoms with Gasteiger partial charge in [0.25, 0.3) is 0 Å². The van der Waals surface area contributed by atoms with Gasteiger partial charge in [0, 0.05) is 17.6 Å². The van der Waals surface area contributed by atoms with E-state index < -0.39 is 5.97 Å². The molecule has 142 valence electrons. The molecule has 28 heavy (non-hydrogen) atoms. The van der Waals surface area contributed by atoms with Crippen molar-refractivity contribution in [2.24, 2.45) is 7.05 Å². The van der Waals surface area contributed by atoms with E-state index >= 15 is 0 Å². The maximum absolute atomic E-state index is 11.4. The van der Waals surface area contributed by atoms with Crippen molar-refractivity contribution in [3.63, 3.8) is 0 Å². The Hall–Kier alpha value is -2.82. The summed E-state index contributed by atoms with van der Waals surface area (Å²) in [6.45, 7) is 1.93. The van der Waals surface area contributed by atoms with Crippen molar-refractivity contribution in [2.75, 3.05) is 5.32 Å². The van der Waals surface area contributed by atoms with Crippen molar-refractivity contribution in [3.8, 4) is 22.0 Å². The number of hydrogen-bond acceptors (Lipinski definition) is 8. The Kier molecular flexibility index (Phi) is 4.84. The van der Waals surface area contributed by atoms with Crippen LogP contribution >= 0.6 is 34.3 Å². The van der Waals surface area contributed by atoms with E-state index in [2.05, 4.69) is 25.8 Å². The molecule has 0 fully saturated rings. The van der Waals surface area contributed by atoms with Crippen LogP contribution < -0.4 is 5.32 Å². The molecule has 0 saturated carbocycles. The number of aryl methyl sites for hydroxylation is 2. The van der Waals surface area contributed by atoms with Crippen molar-refractivity contribution in [1.82, 2.24) is 25.2 Å². The van der Waals surface area contributed by atoms with Crippen molar-refractivity contribution < 1.29 is 9.90 Å². The van der Waals surface area contributed by atoms with Gasteiger partial charge in [-0.3, -0.25) is 0 Å². The zero-order valence-electron chi connectivity index (χ0n) is 14.7. The Balaban J connectivity index is 1.82. The molecule has 3 aromatic heterocycles. The van der Waals surface area contributed by atoms with Gasteiger partial charge >= 0.3 is 5.97 Å². The van der Waals surface area contributed by atoms with Crippen molar-refractivity contribution in [2.45, 2.75) is 6.92 Å². The molecule has 0 amide bonds. The van der Waals surface area contributed by atoms with Gasteiger partial charge in [-0.2, -0.15) is 0 Å². The van der Waals surface area contributed by atoms with E-state index in [0.717, 1.165) is 27.3 Å². The zero-order chi connectivity index (χ0) is 19.8. The van der Waals surface area contributed by atoms with Crippen LogP contribution in [0.25, 0.3) is 22.0 Å². The first-order chi connectivity index (χ1) is 13.4. The number of nitrogens with zero attached hydrogens (tertiary/aromatic N) is 5. The van der Waals surface area contributed by atoms with Gasteiger partial charge in [0.15, 0.2) is 11.0 Å². The molecule has 1 aromatic carbocycles. The number of anilines is 2. The number of aromatic carboxylic acids is 1. The lowest BCUT2D eigenvalue weighted by Crippen LogP contribution is -1.98. The van der Waals surface area contributed by atoms with E-state index in [1.165, 1.54) is 11.3 Å². The van der Waals surface area contributed by atoms with Gasteiger partial charge in [-0.15, -0.1) is 16.4 Å². The van der Waals surface area contributed by atoms with Crippen LogP contribution in [0.1, 0.15) is 15.2 Å². The van der Waals surface area contributed by atoms with Gasteiger partial charge in [0.1, 0.15) is 9.75 Å². The third-order valence-corrected chi connectivity index (χ3v) is 6.27. The Morgan fingerprint density at radius 2 is 2.14 bits per heavy atom. The number of tetrazole rings is 1. The summed E-state index contributed by atoms with van der Waals surface area (Å²) in [5.74, 6) is -0.432. The lowest BCUT2D eigenvalue weighted by molar-refractivity contribution is 0.0703. The molecule has 4 rings (SSSR count). The van der Waals surface area contributed by atoms with E-state index in [0.29, 0.717) is 27.4 Å². The lowest BCUT2D eigenvalue weighted by Gasteiger charge is -2.04. The van der Waals surface area contributed by atoms with Crippen LogP contribution in [-0.4, -0.2) is 36.3 Å². The number of rotatable bonds is 5. The molecule has 4 aromatic rings. The van der Waals surface area contributed by atoms with Gasteiger partial charge in [0.05, 0.1) is 11.4 Å². The predicted octanol–water partition coefficient (Wildman–Crippen LogP) is 4.47. The van der Waals surface area contributed by atoms with E-state index in [9.17, 15) is 9.90 Å². The largest absolute Gasteiger partial charge is 0.477 e. The molecular weight excluding hydrogens is 420 g/mol. The smallest absolute Gasteiger partial charge is 0.348 e. The maximum atomic E-state index is 11.4. The van der Waals surface area contributed by atoms with Gasteiger partial charge in [-0.25, -0.2) is 14.5 Å². The molecule has 2 N–H and O–H groups in total. The summed E-state index contributed by atoms with van der Waals surface area (Å²) in [5.41, 5.74) is 2.94. The second-order valence-electron chi connectivity index (χ2n) is 5.88. The number of nitrogens with one attached hydrogen (secondary N) is 1. The number of hydrogen-bond donors (Lipinski definition) is 2. The molecule has 0 atom stereocenters. The summed E-state index contributed by atoms with van der Waals surface area (Å²) in [7, 11) is 1.75. The molecule has 0 unspecified atom stereocenters. The molecular formula is C17H13ClN6O2S2. The van der Waals surface area contributed by atoms with Crippen LogP contribution in [0.4, 0.5) is 10.8 Å². The minimum absolute atomic E-state index is 0.219. The quantitative estimate of drug-likeness (QED) is 0.479. The average molecular weight is 433 g/mol. The first-order valence-electron chi connectivity index (χ1n) is 8.02. The van der Waals surface area contributed by atoms with Crippen molar-refractivity contribution in [1.29, 1.82) is 0 Å². The Morgan fingerprint density at radius 1 is 1.32 bits per heavy atom. The summed E-state index contributed by atoms with van der Waals surface area (Å²) < 4.78 is 1.56. The molecule has 0 saturated heterocycles. The molecule has 8 nitrogen and oxygen atoms in total. The summed E-state index contributed by atoms with van der Waals surface area (Å²) in [4.78, 5) is 17.0. The fourth-order valence-corrected chi connectivity index (χ4v) is 4.45. The molecule has 0 spiro atoms. The van der Waals surface area contributed by atoms with Gasteiger partial charge in [-0.05, 0) is 40.4 Å². The minimum Gasteiger partial charge on any atom is -0.477 e. The van der Waals surface area contributed by atoms with E-state index in [-0.39, 0.29) is 4.88 Å². The number of thiophene rings is 1. The number of benzene rings is 1. The highest BCUT2D eigenvalue weighted by atomic mass is 35.5. The predicted molar refractivity (Wildman–Crippen MR) is 110 cm³/mol. The number of carboxylic acid groups (broad SMARTS) is 1. The van der Waals surface area contributed by atoms with Crippen LogP contribution in [0.3, 0.4) is 0 Å². The third kappa shape index (κ3) is 3.37. The number of carboxylic acids is 1. The highest BCUT2D eigenvalue weighted by Crippen LogP contribution is 2.40. The van der Waals surface area contributed by atoms with E-state index in [1.807, 2.05) is 25.1 Å². The molecule has 3 heterocycles. The fraction of sp³-hybridized carbons (Fsp3) is 0.118. The molecule has 11 heteroatoms. The maximum Gasteiger partial charge on any atom is 0.348 e. The highest BCUT2D eigenvalue weighted by molar-refractivity contribution is 7.19. The van der Waals surface area contributed by atoms with E-state index in [1.54, 1.807) is 23.2 Å². The third-order valence-electron chi connectivity index (χ3n) is 4.00. The topological polar surface area (TPSA) is 106 Å². The molecule has 0 aliphatic rings. The monoisotopic (exact) mass is 432 g/mol. The fourth-order valence-electron chi connectivity index (χ4n) is 2.57. The van der Waals surface area contributed by atoms with E-state index in [4.69, 9.17) is 11.6 Å². The van der Waals surface area contributed by atoms with Crippen LogP contribution in [0, 0.1) is 6.92 Å². The number of carbonyl (C=O) groups is 1. The zero-order valence-corrected chi connectivity index (χ0v) is 17.1. The lowest BCUT2D eigenvalue weighted by atomic mass is 10.1. The van der Waals surface area contributed by atoms with Crippen LogP contribution in [0.5, 0.6) is 0 Å². The van der Waals surface area contributed by atoms with Crippen LogP contribution in [-0.2, 0) is 7.05 Å². The standard InChI is InChI=1S/C17H13ClN6O2S2/c1-8-3-4-9(7-10(8)18)12-14(15-21-22-23-24(15)2)28-17(20-12)19-11-5-6-27-13(11)16(25)26/h3-7H,1-2H3,(H,19,20)(H,25,26). The SMILES string of the molecule is Cc1ccc(-c2nc(Nc3ccsc3C(=O)O)sc2-c2nnnn2C)cc1Cl. The summed E-state index contributed by atoms with van der Waals surface area (Å²) in [5, 5.41) is 27.0. The molecule has 0 bridgehead atoms. The van der Waals surface area contributed by atoms with Gasteiger partial charge < -0.3 is 10.4 Å². The van der Waals surface area contributed by atoms with Crippen LogP contribution in [0.2, 0.25) is 5.02 Å². The summed E-state index contributed by atoms with van der Waals surface area (Å²) in [6.07, 6.45) is 0. The Morgan fingerprint density at radius 3 is 2.82 bits per heavy atom. The normalized spacial score (nSPS) is 11.0. The Labute approximate surface area is 172 Å². The minimum atomic E-state index is -0.989. The number of aromatic nitrogens is 5. The van der Waals surface area contributed by atoms with Gasteiger partial charge in [0.2, 0.25) is 0 Å². The highest BCUT2D eigenvalue weighted by Gasteiger charge is 2.21. The first kappa shape index (κ1) is 18.5. The molecule has 0 aliphatic carbocycles. The van der Waals surface area contributed by atoms with Crippen molar-refractivity contribution in [3.05, 3.63) is 45.1 Å². The summed E-state index contributed by atoms with van der Waals surface area (Å²) in [6, 6.07) is 7.41. The van der Waals surface area contributed by atoms with Crippen LogP contribution in [0.15, 0.2) is 29.6 Å². The number of halogens is 1. The second kappa shape index (κ2) is 7.30.